The Morgan fingerprint density at radius 1 is 1.20 bits per heavy atom. The zero-order valence-corrected chi connectivity index (χ0v) is 14.5. The number of phenols is 1. The molecule has 3 rings (SSSR count). The Labute approximate surface area is 149 Å². The largest absolute Gasteiger partial charge is 0.508 e. The van der Waals surface area contributed by atoms with E-state index in [2.05, 4.69) is 0 Å². The number of hydrogen-bond acceptors (Lipinski definition) is 3. The first-order valence-corrected chi connectivity index (χ1v) is 8.12. The van der Waals surface area contributed by atoms with Gasteiger partial charge in [0.1, 0.15) is 5.75 Å². The van der Waals surface area contributed by atoms with Crippen LogP contribution in [-0.2, 0) is 4.79 Å². The van der Waals surface area contributed by atoms with Crippen LogP contribution >= 0.6 is 11.6 Å². The summed E-state index contributed by atoms with van der Waals surface area (Å²) in [6.45, 7) is 3.44. The van der Waals surface area contributed by atoms with Crippen molar-refractivity contribution >= 4 is 34.3 Å². The van der Waals surface area contributed by atoms with Crippen molar-refractivity contribution in [2.24, 2.45) is 5.73 Å². The third-order valence-electron chi connectivity index (χ3n) is 4.37. The fourth-order valence-electron chi connectivity index (χ4n) is 3.13. The molecule has 2 aromatic carbocycles. The summed E-state index contributed by atoms with van der Waals surface area (Å²) in [5, 5.41) is 10.9. The summed E-state index contributed by atoms with van der Waals surface area (Å²) in [5.74, 6) is -1.31. The number of carbonyl (C=O) groups is 2. The molecule has 3 aromatic rings. The summed E-state index contributed by atoms with van der Waals surface area (Å²) >= 11 is 6.00. The Balaban J connectivity index is 2.30. The SMILES string of the molecule is Cc1c([C@@H](C)C(N)=O)c2cc(O)ccc2n1C(=O)c1cccc(Cl)c1. The van der Waals surface area contributed by atoms with Gasteiger partial charge >= 0.3 is 0 Å². The predicted molar refractivity (Wildman–Crippen MR) is 97.1 cm³/mol. The molecule has 0 aliphatic carbocycles. The van der Waals surface area contributed by atoms with E-state index in [4.69, 9.17) is 17.3 Å². The fraction of sp³-hybridized carbons (Fsp3) is 0.158. The number of rotatable bonds is 3. The van der Waals surface area contributed by atoms with Gasteiger partial charge in [-0.2, -0.15) is 0 Å². The summed E-state index contributed by atoms with van der Waals surface area (Å²) in [6.07, 6.45) is 0. The molecule has 25 heavy (non-hydrogen) atoms. The van der Waals surface area contributed by atoms with Crippen molar-refractivity contribution in [3.63, 3.8) is 0 Å². The van der Waals surface area contributed by atoms with Gasteiger partial charge in [-0.3, -0.25) is 14.2 Å². The van der Waals surface area contributed by atoms with Crippen molar-refractivity contribution in [1.82, 2.24) is 4.57 Å². The monoisotopic (exact) mass is 356 g/mol. The number of amides is 1. The number of benzene rings is 2. The molecule has 0 spiro atoms. The van der Waals surface area contributed by atoms with E-state index >= 15 is 0 Å². The van der Waals surface area contributed by atoms with Gasteiger partial charge < -0.3 is 10.8 Å². The lowest BCUT2D eigenvalue weighted by Gasteiger charge is -2.10. The molecule has 6 heteroatoms. The lowest BCUT2D eigenvalue weighted by molar-refractivity contribution is -0.119. The van der Waals surface area contributed by atoms with Gasteiger partial charge in [-0.25, -0.2) is 0 Å². The Kier molecular flexibility index (Phi) is 4.27. The number of primary amides is 1. The van der Waals surface area contributed by atoms with Crippen LogP contribution < -0.4 is 5.73 Å². The number of nitrogens with two attached hydrogens (primary N) is 1. The van der Waals surface area contributed by atoms with Crippen LogP contribution in [0, 0.1) is 6.92 Å². The van der Waals surface area contributed by atoms with Crippen LogP contribution in [0.1, 0.15) is 34.5 Å². The highest BCUT2D eigenvalue weighted by Crippen LogP contribution is 2.34. The minimum absolute atomic E-state index is 0.0535. The normalized spacial score (nSPS) is 12.3. The quantitative estimate of drug-likeness (QED) is 0.752. The Morgan fingerprint density at radius 3 is 2.56 bits per heavy atom. The zero-order chi connectivity index (χ0) is 18.3. The second kappa shape index (κ2) is 6.26. The molecule has 0 aliphatic heterocycles. The molecule has 0 fully saturated rings. The highest BCUT2D eigenvalue weighted by atomic mass is 35.5. The molecular formula is C19H17ClN2O3. The first kappa shape index (κ1) is 17.0. The number of hydrogen-bond donors (Lipinski definition) is 2. The maximum absolute atomic E-state index is 13.0. The number of aromatic hydroxyl groups is 1. The number of phenolic OH excluding ortho intramolecular Hbond substituents is 1. The molecule has 0 unspecified atom stereocenters. The number of halogens is 1. The van der Waals surface area contributed by atoms with Gasteiger partial charge in [0, 0.05) is 21.7 Å². The van der Waals surface area contributed by atoms with Gasteiger partial charge in [-0.05, 0) is 55.8 Å². The van der Waals surface area contributed by atoms with E-state index < -0.39 is 11.8 Å². The second-order valence-corrected chi connectivity index (χ2v) is 6.41. The van der Waals surface area contributed by atoms with Crippen LogP contribution in [0.5, 0.6) is 5.75 Å². The number of fused-ring (bicyclic) bond motifs is 1. The van der Waals surface area contributed by atoms with E-state index in [0.29, 0.717) is 32.7 Å². The minimum Gasteiger partial charge on any atom is -0.508 e. The van der Waals surface area contributed by atoms with Crippen LogP contribution in [0.2, 0.25) is 5.02 Å². The van der Waals surface area contributed by atoms with Gasteiger partial charge in [-0.1, -0.05) is 17.7 Å². The van der Waals surface area contributed by atoms with Crippen molar-refractivity contribution in [1.29, 1.82) is 0 Å². The Bertz CT molecular complexity index is 1010. The standard InChI is InChI=1S/C19H17ClN2O3/c1-10(18(21)24)17-11(2)22(16-7-6-14(23)9-15(16)17)19(25)12-4-3-5-13(20)8-12/h3-10,23H,1-2H3,(H2,21,24)/t10-/m1/s1. The molecule has 1 aromatic heterocycles. The number of nitrogens with zero attached hydrogens (tertiary/aromatic N) is 1. The molecule has 0 bridgehead atoms. The van der Waals surface area contributed by atoms with Crippen molar-refractivity contribution in [3.8, 4) is 5.75 Å². The van der Waals surface area contributed by atoms with Crippen molar-refractivity contribution in [3.05, 3.63) is 64.3 Å². The van der Waals surface area contributed by atoms with Gasteiger partial charge in [0.15, 0.2) is 0 Å². The molecule has 128 valence electrons. The van der Waals surface area contributed by atoms with Crippen LogP contribution in [0.4, 0.5) is 0 Å². The van der Waals surface area contributed by atoms with Crippen LogP contribution in [0.3, 0.4) is 0 Å². The van der Waals surface area contributed by atoms with Crippen LogP contribution in [0.15, 0.2) is 42.5 Å². The van der Waals surface area contributed by atoms with E-state index in [1.807, 2.05) is 0 Å². The Hall–Kier alpha value is -2.79. The summed E-state index contributed by atoms with van der Waals surface area (Å²) in [7, 11) is 0. The maximum atomic E-state index is 13.0. The number of aromatic nitrogens is 1. The summed E-state index contributed by atoms with van der Waals surface area (Å²) < 4.78 is 1.52. The maximum Gasteiger partial charge on any atom is 0.262 e. The Morgan fingerprint density at radius 2 is 1.92 bits per heavy atom. The van der Waals surface area contributed by atoms with Crippen molar-refractivity contribution in [2.45, 2.75) is 19.8 Å². The average Bonchev–Trinajstić information content (AvgIpc) is 2.84. The molecule has 1 atom stereocenters. The van der Waals surface area contributed by atoms with E-state index in [1.54, 1.807) is 50.2 Å². The smallest absolute Gasteiger partial charge is 0.262 e. The first-order valence-electron chi connectivity index (χ1n) is 7.74. The lowest BCUT2D eigenvalue weighted by Crippen LogP contribution is -2.20. The summed E-state index contributed by atoms with van der Waals surface area (Å²) in [6, 6.07) is 11.4. The molecule has 0 radical (unpaired) electrons. The molecule has 0 saturated heterocycles. The first-order chi connectivity index (χ1) is 11.8. The minimum atomic E-state index is -0.599. The van der Waals surface area contributed by atoms with E-state index in [-0.39, 0.29) is 11.7 Å². The molecule has 3 N–H and O–H groups in total. The van der Waals surface area contributed by atoms with Crippen molar-refractivity contribution < 1.29 is 14.7 Å². The van der Waals surface area contributed by atoms with E-state index in [9.17, 15) is 14.7 Å². The topological polar surface area (TPSA) is 85.3 Å². The van der Waals surface area contributed by atoms with Gasteiger partial charge in [0.2, 0.25) is 5.91 Å². The predicted octanol–water partition coefficient (Wildman–Crippen LogP) is 3.59. The third kappa shape index (κ3) is 2.87. The highest BCUT2D eigenvalue weighted by molar-refractivity contribution is 6.31. The molecule has 5 nitrogen and oxygen atoms in total. The molecule has 1 heterocycles. The van der Waals surface area contributed by atoms with Crippen molar-refractivity contribution in [2.75, 3.05) is 0 Å². The van der Waals surface area contributed by atoms with E-state index in [0.717, 1.165) is 0 Å². The van der Waals surface area contributed by atoms with E-state index in [1.165, 1.54) is 10.6 Å². The zero-order valence-electron chi connectivity index (χ0n) is 13.8. The molecule has 1 amide bonds. The average molecular weight is 357 g/mol. The number of carbonyl (C=O) groups excluding carboxylic acids is 2. The third-order valence-corrected chi connectivity index (χ3v) is 4.61. The van der Waals surface area contributed by atoms with Crippen LogP contribution in [-0.4, -0.2) is 21.5 Å². The molecule has 0 saturated carbocycles. The second-order valence-electron chi connectivity index (χ2n) is 5.98. The highest BCUT2D eigenvalue weighted by Gasteiger charge is 2.25. The molecular weight excluding hydrogens is 340 g/mol. The van der Waals surface area contributed by atoms with Gasteiger partial charge in [0.05, 0.1) is 11.4 Å². The fourth-order valence-corrected chi connectivity index (χ4v) is 3.32. The van der Waals surface area contributed by atoms with Crippen LogP contribution in [0.25, 0.3) is 10.9 Å². The lowest BCUT2D eigenvalue weighted by atomic mass is 9.97. The summed E-state index contributed by atoms with van der Waals surface area (Å²) in [4.78, 5) is 24.8. The summed E-state index contributed by atoms with van der Waals surface area (Å²) in [5.41, 5.74) is 7.74. The molecule has 0 aliphatic rings. The van der Waals surface area contributed by atoms with Gasteiger partial charge in [0.25, 0.3) is 5.91 Å². The van der Waals surface area contributed by atoms with Gasteiger partial charge in [-0.15, -0.1) is 0 Å².